The summed E-state index contributed by atoms with van der Waals surface area (Å²) in [5, 5.41) is 3.94. The summed E-state index contributed by atoms with van der Waals surface area (Å²) in [4.78, 5) is 14.5. The minimum atomic E-state index is -0.222. The highest BCUT2D eigenvalue weighted by atomic mass is 16.5. The van der Waals surface area contributed by atoms with Gasteiger partial charge in [-0.1, -0.05) is 43.3 Å². The van der Waals surface area contributed by atoms with Crippen LogP contribution in [0.3, 0.4) is 0 Å². The zero-order valence-electron chi connectivity index (χ0n) is 14.1. The summed E-state index contributed by atoms with van der Waals surface area (Å²) in [6.45, 7) is 6.07. The van der Waals surface area contributed by atoms with Crippen LogP contribution in [0.2, 0.25) is 0 Å². The van der Waals surface area contributed by atoms with Crippen LogP contribution < -0.4 is 0 Å². The lowest BCUT2D eigenvalue weighted by molar-refractivity contribution is -0.0742. The largest absolute Gasteiger partial charge is 0.365 e. The van der Waals surface area contributed by atoms with Gasteiger partial charge in [0.05, 0.1) is 12.2 Å². The molecule has 1 aromatic heterocycles. The number of hydrogen-bond donors (Lipinski definition) is 0. The van der Waals surface area contributed by atoms with Gasteiger partial charge in [-0.25, -0.2) is 0 Å². The maximum atomic E-state index is 12.6. The van der Waals surface area contributed by atoms with Gasteiger partial charge in [-0.3, -0.25) is 4.79 Å². The van der Waals surface area contributed by atoms with E-state index in [-0.39, 0.29) is 17.4 Å². The van der Waals surface area contributed by atoms with Crippen LogP contribution >= 0.6 is 0 Å². The van der Waals surface area contributed by atoms with Crippen molar-refractivity contribution in [3.05, 3.63) is 52.9 Å². The molecule has 3 heterocycles. The molecule has 0 aliphatic carbocycles. The topological polar surface area (TPSA) is 55.6 Å². The van der Waals surface area contributed by atoms with E-state index in [0.29, 0.717) is 25.4 Å². The molecule has 1 fully saturated rings. The van der Waals surface area contributed by atoms with Gasteiger partial charge >= 0.3 is 0 Å². The van der Waals surface area contributed by atoms with Crippen LogP contribution in [0.1, 0.15) is 60.0 Å². The van der Waals surface area contributed by atoms with Gasteiger partial charge < -0.3 is 14.2 Å². The number of amides is 1. The minimum Gasteiger partial charge on any atom is -0.365 e. The molecule has 2 aromatic rings. The Morgan fingerprint density at radius 3 is 2.71 bits per heavy atom. The second-order valence-corrected chi connectivity index (χ2v) is 7.00. The highest BCUT2D eigenvalue weighted by Gasteiger charge is 2.43. The molecule has 5 nitrogen and oxygen atoms in total. The number of fused-ring (bicyclic) bond motifs is 2. The third-order valence-corrected chi connectivity index (χ3v) is 5.19. The van der Waals surface area contributed by atoms with Crippen LogP contribution in [0.4, 0.5) is 0 Å². The van der Waals surface area contributed by atoms with Gasteiger partial charge in [0.15, 0.2) is 5.69 Å². The maximum absolute atomic E-state index is 12.6. The number of piperidine rings is 1. The van der Waals surface area contributed by atoms with Crippen molar-refractivity contribution in [1.82, 2.24) is 10.1 Å². The van der Waals surface area contributed by atoms with Gasteiger partial charge in [0.1, 0.15) is 5.76 Å². The first kappa shape index (κ1) is 15.4. The summed E-state index contributed by atoms with van der Waals surface area (Å²) < 4.78 is 11.4. The molecule has 2 aliphatic rings. The van der Waals surface area contributed by atoms with E-state index in [1.54, 1.807) is 6.07 Å². The average Bonchev–Trinajstić information content (AvgIpc) is 3.22. The zero-order valence-corrected chi connectivity index (χ0v) is 14.1. The number of rotatable bonds is 2. The lowest BCUT2D eigenvalue weighted by atomic mass is 9.84. The summed E-state index contributed by atoms with van der Waals surface area (Å²) in [5.41, 5.74) is 2.75. The number of aromatic nitrogens is 1. The van der Waals surface area contributed by atoms with E-state index >= 15 is 0 Å². The van der Waals surface area contributed by atoms with Crippen molar-refractivity contribution < 1.29 is 14.1 Å². The van der Waals surface area contributed by atoms with Crippen molar-refractivity contribution in [1.29, 1.82) is 0 Å². The molecule has 0 N–H and O–H groups in total. The number of likely N-dealkylation sites (tertiary alicyclic amines) is 1. The number of carbonyl (C=O) groups is 1. The number of carbonyl (C=O) groups excluding carboxylic acids is 1. The molecule has 1 amide bonds. The van der Waals surface area contributed by atoms with Crippen LogP contribution in [0.15, 0.2) is 34.9 Å². The molecule has 1 saturated heterocycles. The third-order valence-electron chi connectivity index (χ3n) is 5.19. The quantitative estimate of drug-likeness (QED) is 0.848. The minimum absolute atomic E-state index is 0.0493. The molecule has 0 radical (unpaired) electrons. The third kappa shape index (κ3) is 2.44. The molecule has 2 aliphatic heterocycles. The lowest BCUT2D eigenvalue weighted by Gasteiger charge is -2.39. The molecule has 1 aromatic carbocycles. The number of ether oxygens (including phenoxy) is 1. The van der Waals surface area contributed by atoms with Gasteiger partial charge in [-0.15, -0.1) is 0 Å². The number of hydrogen-bond acceptors (Lipinski definition) is 4. The van der Waals surface area contributed by atoms with E-state index in [0.717, 1.165) is 18.6 Å². The molecule has 24 heavy (non-hydrogen) atoms. The van der Waals surface area contributed by atoms with E-state index < -0.39 is 0 Å². The fourth-order valence-corrected chi connectivity index (χ4v) is 3.69. The monoisotopic (exact) mass is 326 g/mol. The molecule has 0 saturated carbocycles. The average molecular weight is 326 g/mol. The molecular weight excluding hydrogens is 304 g/mol. The van der Waals surface area contributed by atoms with Gasteiger partial charge in [0, 0.05) is 25.1 Å². The van der Waals surface area contributed by atoms with Crippen LogP contribution in [0, 0.1) is 0 Å². The Balaban J connectivity index is 1.47. The Morgan fingerprint density at radius 1 is 1.25 bits per heavy atom. The Hall–Kier alpha value is -2.14. The zero-order chi connectivity index (χ0) is 16.7. The molecule has 126 valence electrons. The smallest absolute Gasteiger partial charge is 0.276 e. The Bertz CT molecular complexity index is 757. The van der Waals surface area contributed by atoms with E-state index in [9.17, 15) is 4.79 Å². The summed E-state index contributed by atoms with van der Waals surface area (Å²) in [6, 6.07) is 10.2. The summed E-state index contributed by atoms with van der Waals surface area (Å²) >= 11 is 0. The molecular formula is C19H22N2O3. The molecule has 4 rings (SSSR count). The van der Waals surface area contributed by atoms with Crippen molar-refractivity contribution in [3.63, 3.8) is 0 Å². The van der Waals surface area contributed by atoms with Gasteiger partial charge in [-0.2, -0.15) is 0 Å². The Labute approximate surface area is 141 Å². The van der Waals surface area contributed by atoms with Crippen molar-refractivity contribution in [2.75, 3.05) is 13.1 Å². The second kappa shape index (κ2) is 5.74. The van der Waals surface area contributed by atoms with Gasteiger partial charge in [-0.05, 0) is 24.0 Å². The first-order valence-corrected chi connectivity index (χ1v) is 8.57. The summed E-state index contributed by atoms with van der Waals surface area (Å²) in [5.74, 6) is 0.929. The van der Waals surface area contributed by atoms with Crippen molar-refractivity contribution in [2.45, 2.75) is 44.8 Å². The molecule has 0 unspecified atom stereocenters. The molecule has 0 bridgehead atoms. The van der Waals surface area contributed by atoms with Crippen molar-refractivity contribution >= 4 is 5.91 Å². The summed E-state index contributed by atoms with van der Waals surface area (Å²) in [6.07, 6.45) is 1.65. The van der Waals surface area contributed by atoms with E-state index in [1.165, 1.54) is 11.1 Å². The molecule has 1 spiro atoms. The first-order valence-electron chi connectivity index (χ1n) is 8.57. The van der Waals surface area contributed by atoms with E-state index in [4.69, 9.17) is 9.26 Å². The van der Waals surface area contributed by atoms with Crippen LogP contribution in [-0.4, -0.2) is 29.1 Å². The SMILES string of the molecule is CC(C)c1cc(C(=O)N2CCC3(CC2)OCc2ccccc23)no1. The van der Waals surface area contributed by atoms with E-state index in [2.05, 4.69) is 29.4 Å². The van der Waals surface area contributed by atoms with Crippen LogP contribution in [0.25, 0.3) is 0 Å². The summed E-state index contributed by atoms with van der Waals surface area (Å²) in [7, 11) is 0. The predicted octanol–water partition coefficient (Wildman–Crippen LogP) is 3.46. The highest BCUT2D eigenvalue weighted by molar-refractivity contribution is 5.92. The fraction of sp³-hybridized carbons (Fsp3) is 0.474. The Morgan fingerprint density at radius 2 is 2.00 bits per heavy atom. The van der Waals surface area contributed by atoms with Crippen LogP contribution in [0.5, 0.6) is 0 Å². The first-order chi connectivity index (χ1) is 11.6. The molecule has 5 heteroatoms. The van der Waals surface area contributed by atoms with Gasteiger partial charge in [0.25, 0.3) is 5.91 Å². The van der Waals surface area contributed by atoms with E-state index in [1.807, 2.05) is 18.7 Å². The standard InChI is InChI=1S/C19H22N2O3/c1-13(2)17-11-16(20-24-17)18(22)21-9-7-19(8-10-21)15-6-4-3-5-14(15)12-23-19/h3-6,11,13H,7-10,12H2,1-2H3. The second-order valence-electron chi connectivity index (χ2n) is 7.00. The predicted molar refractivity (Wildman–Crippen MR) is 88.6 cm³/mol. The number of benzene rings is 1. The Kier molecular flexibility index (Phi) is 3.68. The fourth-order valence-electron chi connectivity index (χ4n) is 3.69. The van der Waals surface area contributed by atoms with Crippen molar-refractivity contribution in [3.8, 4) is 0 Å². The molecule has 0 atom stereocenters. The van der Waals surface area contributed by atoms with Crippen LogP contribution in [-0.2, 0) is 16.9 Å². The number of nitrogens with zero attached hydrogens (tertiary/aromatic N) is 2. The normalized spacial score (nSPS) is 19.0. The maximum Gasteiger partial charge on any atom is 0.276 e. The lowest BCUT2D eigenvalue weighted by Crippen LogP contribution is -2.45. The van der Waals surface area contributed by atoms with Gasteiger partial charge in [0.2, 0.25) is 0 Å². The highest BCUT2D eigenvalue weighted by Crippen LogP contribution is 2.44. The van der Waals surface area contributed by atoms with Crippen molar-refractivity contribution in [2.24, 2.45) is 0 Å².